The van der Waals surface area contributed by atoms with E-state index in [9.17, 15) is 9.59 Å². The number of anilines is 3. The molecule has 36 heavy (non-hydrogen) atoms. The van der Waals surface area contributed by atoms with Crippen LogP contribution in [0.5, 0.6) is 0 Å². The summed E-state index contributed by atoms with van der Waals surface area (Å²) in [7, 11) is 0. The Morgan fingerprint density at radius 2 is 1.50 bits per heavy atom. The van der Waals surface area contributed by atoms with Crippen LogP contribution >= 0.6 is 0 Å². The van der Waals surface area contributed by atoms with E-state index in [4.69, 9.17) is 0 Å². The number of likely N-dealkylation sites (tertiary alicyclic amines) is 1. The first-order chi connectivity index (χ1) is 17.5. The molecule has 0 bridgehead atoms. The Labute approximate surface area is 213 Å². The van der Waals surface area contributed by atoms with Crippen molar-refractivity contribution in [3.05, 3.63) is 88.5 Å². The van der Waals surface area contributed by atoms with Gasteiger partial charge in [-0.15, -0.1) is 0 Å². The normalized spacial score (nSPS) is 15.3. The summed E-state index contributed by atoms with van der Waals surface area (Å²) in [6.07, 6.45) is 4.19. The Hall–Kier alpha value is -3.80. The summed E-state index contributed by atoms with van der Waals surface area (Å²) in [5, 5.41) is 5.92. The monoisotopic (exact) mass is 482 g/mol. The molecule has 2 N–H and O–H groups in total. The first-order valence-electron chi connectivity index (χ1n) is 12.9. The smallest absolute Gasteiger partial charge is 0.323 e. The van der Waals surface area contributed by atoms with Gasteiger partial charge in [-0.05, 0) is 80.0 Å². The summed E-state index contributed by atoms with van der Waals surface area (Å²) in [4.78, 5) is 30.8. The summed E-state index contributed by atoms with van der Waals surface area (Å²) in [6, 6.07) is 19.9. The molecular weight excluding hydrogens is 448 g/mol. The maximum Gasteiger partial charge on any atom is 0.323 e. The Morgan fingerprint density at radius 1 is 0.778 bits per heavy atom. The lowest BCUT2D eigenvalue weighted by Gasteiger charge is -2.34. The van der Waals surface area contributed by atoms with E-state index < -0.39 is 0 Å². The van der Waals surface area contributed by atoms with Gasteiger partial charge in [-0.25, -0.2) is 4.79 Å². The minimum atomic E-state index is -0.316. The van der Waals surface area contributed by atoms with E-state index in [1.54, 1.807) is 0 Å². The Bertz CT molecular complexity index is 1260. The number of benzene rings is 3. The molecule has 6 nitrogen and oxygen atoms in total. The molecule has 1 saturated heterocycles. The molecular formula is C30H34N4O2. The van der Waals surface area contributed by atoms with Gasteiger partial charge in [0.25, 0.3) is 5.91 Å². The Morgan fingerprint density at radius 3 is 2.25 bits per heavy atom. The number of rotatable bonds is 4. The predicted molar refractivity (Wildman–Crippen MR) is 146 cm³/mol. The second kappa shape index (κ2) is 10.4. The van der Waals surface area contributed by atoms with Crippen LogP contribution in [0.15, 0.2) is 60.7 Å². The molecule has 3 aromatic rings. The van der Waals surface area contributed by atoms with Crippen molar-refractivity contribution in [2.24, 2.45) is 0 Å². The van der Waals surface area contributed by atoms with Crippen LogP contribution in [0.1, 0.15) is 51.9 Å². The number of para-hydroxylation sites is 1. The van der Waals surface area contributed by atoms with Gasteiger partial charge in [0.1, 0.15) is 0 Å². The molecule has 0 saturated carbocycles. The zero-order chi connectivity index (χ0) is 25.1. The first-order valence-corrected chi connectivity index (χ1v) is 12.9. The maximum atomic E-state index is 13.7. The topological polar surface area (TPSA) is 64.7 Å². The summed E-state index contributed by atoms with van der Waals surface area (Å²) in [5.74, 6) is 0.0439. The number of hydrogen-bond acceptors (Lipinski definition) is 3. The van der Waals surface area contributed by atoms with Crippen LogP contribution in [0, 0.1) is 13.8 Å². The molecule has 0 aromatic heterocycles. The standard InChI is InChI=1S/C30H34N4O2/c1-21-9-8-10-22(2)28(21)32-30(36)31-25-13-14-27(26(19-25)29(35)33-16-6-3-7-17-33)34-18-15-23-11-4-5-12-24(23)20-34/h4-5,8-14,19H,3,6-7,15-18,20H2,1-2H3,(H2,31,32,36). The molecule has 0 atom stereocenters. The van der Waals surface area contributed by atoms with Crippen LogP contribution in [-0.4, -0.2) is 36.5 Å². The highest BCUT2D eigenvalue weighted by molar-refractivity contribution is 6.04. The fourth-order valence-electron chi connectivity index (χ4n) is 5.32. The van der Waals surface area contributed by atoms with E-state index in [2.05, 4.69) is 39.8 Å². The van der Waals surface area contributed by atoms with Crippen molar-refractivity contribution in [1.29, 1.82) is 0 Å². The molecule has 2 aliphatic rings. The third-order valence-electron chi connectivity index (χ3n) is 7.32. The largest absolute Gasteiger partial charge is 0.366 e. The van der Waals surface area contributed by atoms with Crippen molar-refractivity contribution < 1.29 is 9.59 Å². The number of piperidine rings is 1. The molecule has 3 amide bonds. The van der Waals surface area contributed by atoms with E-state index in [-0.39, 0.29) is 11.9 Å². The summed E-state index contributed by atoms with van der Waals surface area (Å²) >= 11 is 0. The first kappa shape index (κ1) is 23.9. The Balaban J connectivity index is 1.42. The number of aryl methyl sites for hydroxylation is 2. The molecule has 2 heterocycles. The SMILES string of the molecule is Cc1cccc(C)c1NC(=O)Nc1ccc(N2CCc3ccccc3C2)c(C(=O)N2CCCCC2)c1. The molecule has 0 aliphatic carbocycles. The van der Waals surface area contributed by atoms with Gasteiger partial charge in [0.05, 0.1) is 5.56 Å². The van der Waals surface area contributed by atoms with Crippen molar-refractivity contribution >= 4 is 29.0 Å². The minimum Gasteiger partial charge on any atom is -0.366 e. The molecule has 2 aliphatic heterocycles. The maximum absolute atomic E-state index is 13.7. The van der Waals surface area contributed by atoms with Gasteiger partial charge in [-0.3, -0.25) is 4.79 Å². The summed E-state index contributed by atoms with van der Waals surface area (Å²) in [6.45, 7) is 7.15. The van der Waals surface area contributed by atoms with Crippen molar-refractivity contribution in [3.63, 3.8) is 0 Å². The zero-order valence-corrected chi connectivity index (χ0v) is 21.1. The average molecular weight is 483 g/mol. The zero-order valence-electron chi connectivity index (χ0n) is 21.1. The molecule has 0 spiro atoms. The van der Waals surface area contributed by atoms with E-state index >= 15 is 0 Å². The van der Waals surface area contributed by atoms with Crippen molar-refractivity contribution in [2.75, 3.05) is 35.2 Å². The van der Waals surface area contributed by atoms with Crippen LogP contribution in [0.2, 0.25) is 0 Å². The number of amides is 3. The van der Waals surface area contributed by atoms with Crippen LogP contribution in [-0.2, 0) is 13.0 Å². The fourth-order valence-corrected chi connectivity index (χ4v) is 5.32. The summed E-state index contributed by atoms with van der Waals surface area (Å²) in [5.41, 5.74) is 7.69. The van der Waals surface area contributed by atoms with Crippen molar-refractivity contribution in [3.8, 4) is 0 Å². The highest BCUT2D eigenvalue weighted by Crippen LogP contribution is 2.31. The molecule has 5 rings (SSSR count). The fraction of sp³-hybridized carbons (Fsp3) is 0.333. The lowest BCUT2D eigenvalue weighted by Crippen LogP contribution is -2.38. The second-order valence-corrected chi connectivity index (χ2v) is 9.87. The van der Waals surface area contributed by atoms with Gasteiger partial charge in [0.15, 0.2) is 0 Å². The van der Waals surface area contributed by atoms with Crippen LogP contribution in [0.4, 0.5) is 21.9 Å². The molecule has 0 radical (unpaired) electrons. The molecule has 186 valence electrons. The van der Waals surface area contributed by atoms with Gasteiger partial charge < -0.3 is 20.4 Å². The number of hydrogen-bond donors (Lipinski definition) is 2. The molecule has 3 aromatic carbocycles. The minimum absolute atomic E-state index is 0.0439. The quantitative estimate of drug-likeness (QED) is 0.470. The lowest BCUT2D eigenvalue weighted by atomic mass is 9.98. The number of nitrogens with zero attached hydrogens (tertiary/aromatic N) is 2. The lowest BCUT2D eigenvalue weighted by molar-refractivity contribution is 0.0725. The van der Waals surface area contributed by atoms with Gasteiger partial charge >= 0.3 is 6.03 Å². The third kappa shape index (κ3) is 5.08. The third-order valence-corrected chi connectivity index (χ3v) is 7.32. The number of urea groups is 1. The van der Waals surface area contributed by atoms with Gasteiger partial charge in [0.2, 0.25) is 0 Å². The highest BCUT2D eigenvalue weighted by atomic mass is 16.2. The molecule has 6 heteroatoms. The predicted octanol–water partition coefficient (Wildman–Crippen LogP) is 6.14. The van der Waals surface area contributed by atoms with Crippen LogP contribution in [0.3, 0.4) is 0 Å². The number of carbonyl (C=O) groups is 2. The highest BCUT2D eigenvalue weighted by Gasteiger charge is 2.26. The number of nitrogens with one attached hydrogen (secondary N) is 2. The van der Waals surface area contributed by atoms with Gasteiger partial charge in [-0.2, -0.15) is 0 Å². The van der Waals surface area contributed by atoms with Crippen LogP contribution < -0.4 is 15.5 Å². The molecule has 1 fully saturated rings. The van der Waals surface area contributed by atoms with E-state index in [1.807, 2.05) is 55.1 Å². The van der Waals surface area contributed by atoms with E-state index in [0.29, 0.717) is 11.3 Å². The van der Waals surface area contributed by atoms with Crippen molar-refractivity contribution in [2.45, 2.75) is 46.1 Å². The van der Waals surface area contributed by atoms with Crippen molar-refractivity contribution in [1.82, 2.24) is 4.90 Å². The molecule has 0 unspecified atom stereocenters. The Kier molecular flexibility index (Phi) is 6.94. The second-order valence-electron chi connectivity index (χ2n) is 9.87. The summed E-state index contributed by atoms with van der Waals surface area (Å²) < 4.78 is 0. The number of carbonyl (C=O) groups excluding carboxylic acids is 2. The van der Waals surface area contributed by atoms with E-state index in [0.717, 1.165) is 67.9 Å². The van der Waals surface area contributed by atoms with E-state index in [1.165, 1.54) is 17.5 Å². The van der Waals surface area contributed by atoms with Crippen LogP contribution in [0.25, 0.3) is 0 Å². The average Bonchev–Trinajstić information content (AvgIpc) is 2.90. The number of fused-ring (bicyclic) bond motifs is 1. The van der Waals surface area contributed by atoms with Gasteiger partial charge in [-0.1, -0.05) is 42.5 Å². The van der Waals surface area contributed by atoms with Gasteiger partial charge in [0, 0.05) is 43.2 Å².